The Labute approximate surface area is 210 Å². The summed E-state index contributed by atoms with van der Waals surface area (Å²) < 4.78 is 15.5. The molecule has 3 rings (SSSR count). The fourth-order valence-electron chi connectivity index (χ4n) is 3.85. The zero-order chi connectivity index (χ0) is 26.1. The van der Waals surface area contributed by atoms with Crippen LogP contribution in [0.1, 0.15) is 31.9 Å². The molecule has 192 valence electrons. The highest BCUT2D eigenvalue weighted by Crippen LogP contribution is 2.32. The van der Waals surface area contributed by atoms with Crippen LogP contribution in [0, 0.1) is 0 Å². The van der Waals surface area contributed by atoms with Gasteiger partial charge in [0, 0.05) is 30.7 Å². The number of methoxy groups -OCH3 is 2. The van der Waals surface area contributed by atoms with Gasteiger partial charge in [-0.3, -0.25) is 4.90 Å². The molecule has 0 radical (unpaired) electrons. The first-order valence-corrected chi connectivity index (χ1v) is 11.6. The van der Waals surface area contributed by atoms with Crippen LogP contribution in [0.5, 0.6) is 5.75 Å². The van der Waals surface area contributed by atoms with Crippen molar-refractivity contribution >= 4 is 29.4 Å². The number of benzene rings is 2. The molecule has 0 saturated heterocycles. The van der Waals surface area contributed by atoms with Crippen molar-refractivity contribution in [3.63, 3.8) is 0 Å². The fraction of sp³-hybridized carbons (Fsp3) is 0.346. The molecule has 10 nitrogen and oxygen atoms in total. The van der Waals surface area contributed by atoms with Crippen LogP contribution in [0.3, 0.4) is 0 Å². The average Bonchev–Trinajstić information content (AvgIpc) is 2.86. The molecule has 1 aliphatic heterocycles. The Morgan fingerprint density at radius 2 is 1.75 bits per heavy atom. The van der Waals surface area contributed by atoms with Crippen molar-refractivity contribution in [3.8, 4) is 5.75 Å². The van der Waals surface area contributed by atoms with E-state index in [0.29, 0.717) is 40.5 Å². The van der Waals surface area contributed by atoms with Gasteiger partial charge in [-0.1, -0.05) is 19.1 Å². The van der Waals surface area contributed by atoms with Crippen molar-refractivity contribution < 1.29 is 28.6 Å². The number of rotatable bonds is 10. The maximum absolute atomic E-state index is 13.0. The molecule has 0 spiro atoms. The van der Waals surface area contributed by atoms with Gasteiger partial charge in [-0.15, -0.1) is 0 Å². The molecule has 2 aromatic carbocycles. The third-order valence-electron chi connectivity index (χ3n) is 5.61. The second-order valence-electron chi connectivity index (χ2n) is 8.10. The summed E-state index contributed by atoms with van der Waals surface area (Å²) in [6, 6.07) is 12.4. The summed E-state index contributed by atoms with van der Waals surface area (Å²) in [5.41, 5.74) is 2.58. The van der Waals surface area contributed by atoms with Crippen molar-refractivity contribution in [2.45, 2.75) is 26.3 Å². The van der Waals surface area contributed by atoms with E-state index in [1.165, 1.54) is 12.0 Å². The molecule has 36 heavy (non-hydrogen) atoms. The minimum Gasteiger partial charge on any atom is -0.497 e. The van der Waals surface area contributed by atoms with E-state index in [0.717, 1.165) is 6.42 Å². The highest BCUT2D eigenvalue weighted by molar-refractivity contribution is 6.00. The second kappa shape index (κ2) is 12.6. The van der Waals surface area contributed by atoms with Crippen LogP contribution in [0.15, 0.2) is 59.8 Å². The van der Waals surface area contributed by atoms with E-state index in [1.807, 2.05) is 6.92 Å². The molecule has 1 aliphatic rings. The van der Waals surface area contributed by atoms with Crippen LogP contribution in [0.2, 0.25) is 0 Å². The van der Waals surface area contributed by atoms with Crippen molar-refractivity contribution in [1.82, 2.24) is 10.2 Å². The van der Waals surface area contributed by atoms with Gasteiger partial charge in [0.2, 0.25) is 0 Å². The fourth-order valence-corrected chi connectivity index (χ4v) is 3.85. The molecule has 0 fully saturated rings. The quantitative estimate of drug-likeness (QED) is 0.334. The molecular formula is C26H32N4O6. The Bertz CT molecular complexity index is 1120. The van der Waals surface area contributed by atoms with Gasteiger partial charge in [0.25, 0.3) is 0 Å². The van der Waals surface area contributed by atoms with Gasteiger partial charge in [0.15, 0.2) is 0 Å². The number of anilines is 2. The minimum atomic E-state index is -0.743. The summed E-state index contributed by atoms with van der Waals surface area (Å²) in [6.07, 6.45) is 0.726. The van der Waals surface area contributed by atoms with Crippen molar-refractivity contribution in [1.29, 1.82) is 0 Å². The predicted octanol–water partition coefficient (Wildman–Crippen LogP) is 4.28. The molecule has 0 aliphatic carbocycles. The van der Waals surface area contributed by atoms with Crippen LogP contribution in [-0.2, 0) is 14.3 Å². The Kier molecular flexibility index (Phi) is 9.29. The normalized spacial score (nSPS) is 15.3. The van der Waals surface area contributed by atoms with E-state index in [9.17, 15) is 14.4 Å². The van der Waals surface area contributed by atoms with Crippen molar-refractivity contribution in [3.05, 3.63) is 65.4 Å². The van der Waals surface area contributed by atoms with E-state index >= 15 is 0 Å². The van der Waals surface area contributed by atoms with Gasteiger partial charge < -0.3 is 30.2 Å². The number of amides is 4. The predicted molar refractivity (Wildman–Crippen MR) is 136 cm³/mol. The Hall–Kier alpha value is -4.05. The number of ether oxygens (including phenoxy) is 3. The first kappa shape index (κ1) is 26.6. The largest absolute Gasteiger partial charge is 0.497 e. The average molecular weight is 497 g/mol. The lowest BCUT2D eigenvalue weighted by Gasteiger charge is -2.35. The third-order valence-corrected chi connectivity index (χ3v) is 5.61. The van der Waals surface area contributed by atoms with Crippen LogP contribution in [0.4, 0.5) is 21.0 Å². The van der Waals surface area contributed by atoms with Gasteiger partial charge in [-0.2, -0.15) is 0 Å². The summed E-state index contributed by atoms with van der Waals surface area (Å²) >= 11 is 0. The topological polar surface area (TPSA) is 118 Å². The molecule has 1 heterocycles. The molecule has 4 amide bonds. The van der Waals surface area contributed by atoms with E-state index in [2.05, 4.69) is 16.0 Å². The Morgan fingerprint density at radius 1 is 1.03 bits per heavy atom. The summed E-state index contributed by atoms with van der Waals surface area (Å²) in [7, 11) is 3.09. The third kappa shape index (κ3) is 6.54. The number of allylic oxidation sites excluding steroid dienone is 1. The summed E-state index contributed by atoms with van der Waals surface area (Å²) in [5, 5.41) is 8.44. The number of carbonyl (C=O) groups is 3. The monoisotopic (exact) mass is 496 g/mol. The second-order valence-corrected chi connectivity index (χ2v) is 8.10. The number of nitrogens with one attached hydrogen (secondary N) is 3. The molecule has 2 aromatic rings. The summed E-state index contributed by atoms with van der Waals surface area (Å²) in [5.74, 6) is 0.145. The Morgan fingerprint density at radius 3 is 2.42 bits per heavy atom. The first-order chi connectivity index (χ1) is 17.4. The number of hydrogen-bond acceptors (Lipinski definition) is 6. The van der Waals surface area contributed by atoms with Crippen LogP contribution >= 0.6 is 0 Å². The van der Waals surface area contributed by atoms with Crippen LogP contribution in [0.25, 0.3) is 0 Å². The lowest BCUT2D eigenvalue weighted by molar-refractivity contribution is -0.140. The van der Waals surface area contributed by atoms with Gasteiger partial charge in [-0.05, 0) is 55.3 Å². The summed E-state index contributed by atoms with van der Waals surface area (Å²) in [4.78, 5) is 39.9. The molecule has 0 saturated carbocycles. The van der Waals surface area contributed by atoms with Crippen molar-refractivity contribution in [2.24, 2.45) is 0 Å². The lowest BCUT2D eigenvalue weighted by Crippen LogP contribution is -2.48. The molecule has 10 heteroatoms. The van der Waals surface area contributed by atoms with Gasteiger partial charge >= 0.3 is 18.0 Å². The molecule has 1 atom stereocenters. The first-order valence-electron chi connectivity index (χ1n) is 11.6. The van der Waals surface area contributed by atoms with E-state index in [-0.39, 0.29) is 19.2 Å². The zero-order valence-electron chi connectivity index (χ0n) is 20.9. The number of esters is 1. The van der Waals surface area contributed by atoms with Crippen LogP contribution < -0.4 is 20.7 Å². The highest BCUT2D eigenvalue weighted by Gasteiger charge is 2.36. The van der Waals surface area contributed by atoms with Gasteiger partial charge in [0.05, 0.1) is 25.3 Å². The number of carbonyl (C=O) groups excluding carboxylic acids is 3. The molecule has 1 unspecified atom stereocenters. The van der Waals surface area contributed by atoms with Gasteiger partial charge in [-0.25, -0.2) is 14.4 Å². The maximum atomic E-state index is 13.0. The van der Waals surface area contributed by atoms with E-state index in [4.69, 9.17) is 14.2 Å². The minimum absolute atomic E-state index is 0.0910. The van der Waals surface area contributed by atoms with Crippen LogP contribution in [-0.4, -0.2) is 56.9 Å². The number of hydrogen-bond donors (Lipinski definition) is 3. The SMILES string of the molecule is CCCN1C(=O)NC(c2cccc(NC(=O)Nc3ccc(OC)cc3)c2)C(C(=O)OCCOC)=C1C. The Balaban J connectivity index is 1.83. The maximum Gasteiger partial charge on any atom is 0.338 e. The molecule has 0 bridgehead atoms. The van der Waals surface area contributed by atoms with Gasteiger partial charge in [0.1, 0.15) is 12.4 Å². The number of urea groups is 2. The van der Waals surface area contributed by atoms with E-state index in [1.54, 1.807) is 62.6 Å². The van der Waals surface area contributed by atoms with Crippen molar-refractivity contribution in [2.75, 3.05) is 44.6 Å². The lowest BCUT2D eigenvalue weighted by atomic mass is 9.94. The highest BCUT2D eigenvalue weighted by atomic mass is 16.6. The summed E-state index contributed by atoms with van der Waals surface area (Å²) in [6.45, 7) is 4.50. The molecule has 0 aromatic heterocycles. The van der Waals surface area contributed by atoms with E-state index < -0.39 is 18.0 Å². The zero-order valence-corrected chi connectivity index (χ0v) is 20.9. The standard InChI is InChI=1S/C26H32N4O6/c1-5-13-30-17(2)22(24(31)36-15-14-34-3)23(29-26(30)33)18-7-6-8-20(16-18)28-25(32)27-19-9-11-21(35-4)12-10-19/h6-12,16,23H,5,13-15H2,1-4H3,(H,29,33)(H2,27,28,32). The molecular weight excluding hydrogens is 464 g/mol. The smallest absolute Gasteiger partial charge is 0.338 e. The number of nitrogens with zero attached hydrogens (tertiary/aromatic N) is 1. The molecule has 3 N–H and O–H groups in total.